The normalized spacial score (nSPS) is 11.0. The van der Waals surface area contributed by atoms with Gasteiger partial charge in [0.2, 0.25) is 0 Å². The van der Waals surface area contributed by atoms with Crippen molar-refractivity contribution < 1.29 is 8.78 Å². The maximum absolute atomic E-state index is 13.2. The fraction of sp³-hybridized carbons (Fsp3) is 0.375. The summed E-state index contributed by atoms with van der Waals surface area (Å²) in [4.78, 5) is 8.83. The first-order chi connectivity index (χ1) is 9.96. The number of anilines is 1. The molecule has 0 atom stereocenters. The van der Waals surface area contributed by atoms with Crippen LogP contribution in [0.15, 0.2) is 24.3 Å². The molecule has 0 saturated carbocycles. The predicted octanol–water partition coefficient (Wildman–Crippen LogP) is 3.59. The van der Waals surface area contributed by atoms with Crippen molar-refractivity contribution in [1.82, 2.24) is 9.97 Å². The van der Waals surface area contributed by atoms with Gasteiger partial charge in [0.05, 0.1) is 0 Å². The van der Waals surface area contributed by atoms with Crippen LogP contribution in [0.2, 0.25) is 0 Å². The fourth-order valence-electron chi connectivity index (χ4n) is 2.18. The highest BCUT2D eigenvalue weighted by Crippen LogP contribution is 2.15. The van der Waals surface area contributed by atoms with E-state index in [1.807, 2.05) is 6.07 Å². The Balaban J connectivity index is 2.29. The minimum Gasteiger partial charge on any atom is -0.373 e. The Bertz CT molecular complexity index is 607. The molecule has 1 heterocycles. The molecule has 0 aliphatic carbocycles. The van der Waals surface area contributed by atoms with Crippen LogP contribution in [0.4, 0.5) is 14.6 Å². The molecule has 3 nitrogen and oxygen atoms in total. The zero-order chi connectivity index (χ0) is 15.4. The molecule has 1 aromatic heterocycles. The van der Waals surface area contributed by atoms with E-state index in [4.69, 9.17) is 0 Å². The number of nitrogens with zero attached hydrogens (tertiary/aromatic N) is 2. The zero-order valence-electron chi connectivity index (χ0n) is 12.5. The van der Waals surface area contributed by atoms with Gasteiger partial charge in [-0.3, -0.25) is 0 Å². The summed E-state index contributed by atoms with van der Waals surface area (Å²) < 4.78 is 26.5. The van der Waals surface area contributed by atoms with E-state index in [1.54, 1.807) is 7.05 Å². The van der Waals surface area contributed by atoms with Crippen molar-refractivity contribution in [2.45, 2.75) is 26.7 Å². The molecule has 112 valence electrons. The predicted molar refractivity (Wildman–Crippen MR) is 79.3 cm³/mol. The summed E-state index contributed by atoms with van der Waals surface area (Å²) in [6, 6.07) is 5.37. The third-order valence-electron chi connectivity index (χ3n) is 2.98. The monoisotopic (exact) mass is 291 g/mol. The van der Waals surface area contributed by atoms with Crippen molar-refractivity contribution in [3.63, 3.8) is 0 Å². The molecule has 1 aromatic carbocycles. The van der Waals surface area contributed by atoms with Gasteiger partial charge in [-0.15, -0.1) is 0 Å². The second kappa shape index (κ2) is 6.61. The average molecular weight is 291 g/mol. The smallest absolute Gasteiger partial charge is 0.135 e. The molecule has 0 amide bonds. The van der Waals surface area contributed by atoms with Crippen LogP contribution in [0, 0.1) is 17.6 Å². The summed E-state index contributed by atoms with van der Waals surface area (Å²) in [5.74, 6) is 0.577. The van der Waals surface area contributed by atoms with E-state index in [1.165, 1.54) is 12.1 Å². The lowest BCUT2D eigenvalue weighted by atomic mass is 10.1. The van der Waals surface area contributed by atoms with Crippen molar-refractivity contribution in [2.75, 3.05) is 12.4 Å². The lowest BCUT2D eigenvalue weighted by Gasteiger charge is -2.10. The van der Waals surface area contributed by atoms with Gasteiger partial charge >= 0.3 is 0 Å². The topological polar surface area (TPSA) is 37.8 Å². The van der Waals surface area contributed by atoms with E-state index in [9.17, 15) is 8.78 Å². The molecule has 0 bridgehead atoms. The van der Waals surface area contributed by atoms with Gasteiger partial charge in [0.15, 0.2) is 0 Å². The molecular weight excluding hydrogens is 272 g/mol. The molecular formula is C16H19F2N3. The summed E-state index contributed by atoms with van der Waals surface area (Å²) in [5, 5.41) is 2.99. The SMILES string of the molecule is CNc1cc(CC(C)C)nc(Cc2cc(F)cc(F)c2)n1. The molecule has 0 aliphatic rings. The largest absolute Gasteiger partial charge is 0.373 e. The number of nitrogens with one attached hydrogen (secondary N) is 1. The van der Waals surface area contributed by atoms with E-state index < -0.39 is 11.6 Å². The van der Waals surface area contributed by atoms with Crippen LogP contribution in [-0.2, 0) is 12.8 Å². The second-order valence-corrected chi connectivity index (χ2v) is 5.46. The Morgan fingerprint density at radius 1 is 1.05 bits per heavy atom. The van der Waals surface area contributed by atoms with Gasteiger partial charge in [-0.2, -0.15) is 0 Å². The maximum atomic E-state index is 13.2. The van der Waals surface area contributed by atoms with Crippen molar-refractivity contribution in [3.8, 4) is 0 Å². The van der Waals surface area contributed by atoms with Crippen LogP contribution in [0.5, 0.6) is 0 Å². The number of rotatable bonds is 5. The van der Waals surface area contributed by atoms with Crippen LogP contribution >= 0.6 is 0 Å². The number of aromatic nitrogens is 2. The first-order valence-corrected chi connectivity index (χ1v) is 6.96. The molecule has 1 N–H and O–H groups in total. The van der Waals surface area contributed by atoms with E-state index in [0.717, 1.165) is 18.2 Å². The first kappa shape index (κ1) is 15.4. The van der Waals surface area contributed by atoms with Crippen LogP contribution in [-0.4, -0.2) is 17.0 Å². The van der Waals surface area contributed by atoms with Crippen LogP contribution in [0.1, 0.15) is 30.9 Å². The van der Waals surface area contributed by atoms with Crippen molar-refractivity contribution in [3.05, 3.63) is 53.0 Å². The van der Waals surface area contributed by atoms with E-state index in [-0.39, 0.29) is 0 Å². The summed E-state index contributed by atoms with van der Waals surface area (Å²) in [5.41, 5.74) is 1.45. The van der Waals surface area contributed by atoms with Gasteiger partial charge in [0, 0.05) is 31.3 Å². The van der Waals surface area contributed by atoms with Gasteiger partial charge in [0.1, 0.15) is 23.3 Å². The highest BCUT2D eigenvalue weighted by molar-refractivity contribution is 5.36. The fourth-order valence-corrected chi connectivity index (χ4v) is 2.18. The highest BCUT2D eigenvalue weighted by Gasteiger charge is 2.08. The molecule has 0 fully saturated rings. The quantitative estimate of drug-likeness (QED) is 0.915. The van der Waals surface area contributed by atoms with Gasteiger partial charge in [0.25, 0.3) is 0 Å². The molecule has 0 saturated heterocycles. The standard InChI is InChI=1S/C16H19F2N3/c1-10(2)4-14-9-15(19-3)21-16(20-14)7-11-5-12(17)8-13(18)6-11/h5-6,8-10H,4,7H2,1-3H3,(H,19,20,21). The maximum Gasteiger partial charge on any atom is 0.135 e. The van der Waals surface area contributed by atoms with Crippen LogP contribution in [0.25, 0.3) is 0 Å². The van der Waals surface area contributed by atoms with Gasteiger partial charge in [-0.25, -0.2) is 18.7 Å². The highest BCUT2D eigenvalue weighted by atomic mass is 19.1. The van der Waals surface area contributed by atoms with Crippen molar-refractivity contribution in [2.24, 2.45) is 5.92 Å². The van der Waals surface area contributed by atoms with E-state index in [0.29, 0.717) is 29.5 Å². The number of hydrogen-bond acceptors (Lipinski definition) is 3. The minimum atomic E-state index is -0.586. The Kier molecular flexibility index (Phi) is 4.83. The van der Waals surface area contributed by atoms with Crippen LogP contribution < -0.4 is 5.32 Å². The lowest BCUT2D eigenvalue weighted by Crippen LogP contribution is -2.06. The molecule has 2 aromatic rings. The molecule has 0 radical (unpaired) electrons. The number of hydrogen-bond donors (Lipinski definition) is 1. The first-order valence-electron chi connectivity index (χ1n) is 6.96. The minimum absolute atomic E-state index is 0.301. The summed E-state index contributed by atoms with van der Waals surface area (Å²) in [6.07, 6.45) is 1.14. The Morgan fingerprint density at radius 3 is 2.29 bits per heavy atom. The average Bonchev–Trinajstić information content (AvgIpc) is 2.36. The van der Waals surface area contributed by atoms with Crippen LogP contribution in [0.3, 0.4) is 0 Å². The van der Waals surface area contributed by atoms with Crippen molar-refractivity contribution in [1.29, 1.82) is 0 Å². The van der Waals surface area contributed by atoms with E-state index >= 15 is 0 Å². The zero-order valence-corrected chi connectivity index (χ0v) is 12.5. The lowest BCUT2D eigenvalue weighted by molar-refractivity contribution is 0.580. The third kappa shape index (κ3) is 4.48. The third-order valence-corrected chi connectivity index (χ3v) is 2.98. The second-order valence-electron chi connectivity index (χ2n) is 5.46. The Labute approximate surface area is 123 Å². The molecule has 0 unspecified atom stereocenters. The summed E-state index contributed by atoms with van der Waals surface area (Å²) in [6.45, 7) is 4.23. The van der Waals surface area contributed by atoms with E-state index in [2.05, 4.69) is 29.1 Å². The molecule has 0 spiro atoms. The molecule has 21 heavy (non-hydrogen) atoms. The molecule has 0 aliphatic heterocycles. The molecule has 5 heteroatoms. The Hall–Kier alpha value is -2.04. The van der Waals surface area contributed by atoms with Gasteiger partial charge < -0.3 is 5.32 Å². The molecule has 2 rings (SSSR count). The number of benzene rings is 1. The van der Waals surface area contributed by atoms with Gasteiger partial charge in [-0.1, -0.05) is 13.8 Å². The van der Waals surface area contributed by atoms with Gasteiger partial charge in [-0.05, 0) is 30.0 Å². The summed E-state index contributed by atoms with van der Waals surface area (Å²) in [7, 11) is 1.78. The Morgan fingerprint density at radius 2 is 1.71 bits per heavy atom. The summed E-state index contributed by atoms with van der Waals surface area (Å²) >= 11 is 0. The number of halogens is 2. The van der Waals surface area contributed by atoms with Crippen molar-refractivity contribution >= 4 is 5.82 Å².